The molecule has 3 aliphatic heterocycles. The number of carbonyl (C=O) groups excluding carboxylic acids is 1. The van der Waals surface area contributed by atoms with Crippen molar-refractivity contribution in [3.8, 4) is 0 Å². The van der Waals surface area contributed by atoms with Gasteiger partial charge in [0.2, 0.25) is 5.79 Å². The molecule has 15 nitrogen and oxygen atoms in total. The number of aliphatic hydroxyl groups is 8. The minimum atomic E-state index is -3.55. The number of fused-ring (bicyclic) bond motifs is 1. The zero-order valence-electron chi connectivity index (χ0n) is 20.0. The molecule has 3 aliphatic rings. The van der Waals surface area contributed by atoms with Gasteiger partial charge in [-0.05, 0) is 12.1 Å². The molecule has 0 radical (unpaired) electrons. The molecule has 3 heterocycles. The summed E-state index contributed by atoms with van der Waals surface area (Å²) in [5, 5.41) is 76.7. The standard InChI is InChI=1S/C12H22O11.C7H5NO3S.Na.H/c13-1-4-6(16)8(18)9(19)11(21-4)23-12(3-15)10(20)7(17)5(2-14)22-12;9-7-5-3-1-2-4-6(5)12(10,11)8-7;;/h4-11,13-20H,1-3H2;1-4H,(H,8,9);;/q;;+1;-1/t4-,5-,6-,7-,8+,9-,10+,11-,12+;;;/m1.../s1. The smallest absolute Gasteiger partial charge is 1.00 e. The van der Waals surface area contributed by atoms with Gasteiger partial charge < -0.3 is 56.5 Å². The van der Waals surface area contributed by atoms with Crippen LogP contribution in [0.15, 0.2) is 29.2 Å². The minimum Gasteiger partial charge on any atom is -1.00 e. The molecular weight excluding hydrogens is 521 g/mol. The van der Waals surface area contributed by atoms with Crippen molar-refractivity contribution in [3.63, 3.8) is 0 Å². The van der Waals surface area contributed by atoms with E-state index in [-0.39, 0.29) is 41.4 Å². The first-order valence-corrected chi connectivity index (χ1v) is 11.8. The summed E-state index contributed by atoms with van der Waals surface area (Å²) in [6.07, 6.45) is -12.7. The summed E-state index contributed by atoms with van der Waals surface area (Å²) in [7, 11) is -3.55. The fourth-order valence-electron chi connectivity index (χ4n) is 3.75. The van der Waals surface area contributed by atoms with Crippen LogP contribution in [-0.2, 0) is 24.2 Å². The second-order valence-corrected chi connectivity index (χ2v) is 9.64. The molecule has 0 unspecified atom stereocenters. The number of carbonyl (C=O) groups is 1. The molecule has 9 atom stereocenters. The molecule has 17 heteroatoms. The number of benzene rings is 1. The molecule has 2 fully saturated rings. The van der Waals surface area contributed by atoms with Crippen LogP contribution in [0.25, 0.3) is 0 Å². The fourth-order valence-corrected chi connectivity index (χ4v) is 4.92. The van der Waals surface area contributed by atoms with E-state index in [1.807, 2.05) is 4.72 Å². The Morgan fingerprint density at radius 1 is 0.944 bits per heavy atom. The quantitative estimate of drug-likeness (QED) is 0.155. The van der Waals surface area contributed by atoms with Crippen molar-refractivity contribution in [3.05, 3.63) is 29.8 Å². The second kappa shape index (κ2) is 12.4. The molecule has 36 heavy (non-hydrogen) atoms. The third-order valence-corrected chi connectivity index (χ3v) is 7.11. The van der Waals surface area contributed by atoms with Crippen LogP contribution in [0.1, 0.15) is 11.8 Å². The van der Waals surface area contributed by atoms with Crippen molar-refractivity contribution < 1.29 is 99.3 Å². The summed E-state index contributed by atoms with van der Waals surface area (Å²) in [5.74, 6) is -2.77. The second-order valence-electron chi connectivity index (χ2n) is 7.99. The summed E-state index contributed by atoms with van der Waals surface area (Å²) < 4.78 is 39.6. The van der Waals surface area contributed by atoms with Crippen LogP contribution in [0, 0.1) is 0 Å². The van der Waals surface area contributed by atoms with Crippen molar-refractivity contribution in [1.29, 1.82) is 0 Å². The topological polar surface area (TPSA) is 253 Å². The van der Waals surface area contributed by atoms with Gasteiger partial charge in [0.05, 0.1) is 18.8 Å². The van der Waals surface area contributed by atoms with Crippen LogP contribution >= 0.6 is 0 Å². The summed E-state index contributed by atoms with van der Waals surface area (Å²) in [6, 6.07) is 6.09. The van der Waals surface area contributed by atoms with Gasteiger partial charge in [-0.25, -0.2) is 13.1 Å². The molecule has 200 valence electrons. The van der Waals surface area contributed by atoms with E-state index in [1.54, 1.807) is 12.1 Å². The molecule has 2 saturated heterocycles. The van der Waals surface area contributed by atoms with Crippen LogP contribution in [0.2, 0.25) is 0 Å². The molecule has 0 saturated carbocycles. The summed E-state index contributed by atoms with van der Waals surface area (Å²) in [4.78, 5) is 11.1. The largest absolute Gasteiger partial charge is 1.00 e. The van der Waals surface area contributed by atoms with E-state index in [9.17, 15) is 43.9 Å². The first-order chi connectivity index (χ1) is 16.4. The third kappa shape index (κ3) is 5.93. The SMILES string of the molecule is O=C1NS(=O)(=O)c2ccccc21.OC[C@H]1O[C@@](CO)(O[C@H]2O[C@H](CO)[C@@H](O)[C@H](O)[C@H]2O)[C@@H](O)[C@@H]1O.[H-].[Na+]. The minimum absolute atomic E-state index is 0. The average molecular weight is 549 g/mol. The monoisotopic (exact) mass is 549 g/mol. The van der Waals surface area contributed by atoms with E-state index in [1.165, 1.54) is 12.1 Å². The Labute approximate surface area is 228 Å². The predicted molar refractivity (Wildman–Crippen MR) is 111 cm³/mol. The normalized spacial score (nSPS) is 38.8. The van der Waals surface area contributed by atoms with Crippen LogP contribution in [0.3, 0.4) is 0 Å². The van der Waals surface area contributed by atoms with E-state index in [0.717, 1.165) is 0 Å². The van der Waals surface area contributed by atoms with Crippen molar-refractivity contribution in [2.45, 2.75) is 59.7 Å². The van der Waals surface area contributed by atoms with Gasteiger partial charge >= 0.3 is 29.6 Å². The molecule has 1 aromatic rings. The van der Waals surface area contributed by atoms with E-state index in [0.29, 0.717) is 0 Å². The fraction of sp³-hybridized carbons (Fsp3) is 0.632. The van der Waals surface area contributed by atoms with Crippen LogP contribution in [-0.4, -0.2) is 130 Å². The third-order valence-electron chi connectivity index (χ3n) is 5.72. The molecule has 1 amide bonds. The number of rotatable bonds is 5. The van der Waals surface area contributed by atoms with Crippen molar-refractivity contribution in [2.24, 2.45) is 0 Å². The van der Waals surface area contributed by atoms with Crippen molar-refractivity contribution in [1.82, 2.24) is 4.72 Å². The Morgan fingerprint density at radius 3 is 2.08 bits per heavy atom. The van der Waals surface area contributed by atoms with E-state index in [4.69, 9.17) is 24.4 Å². The van der Waals surface area contributed by atoms with Gasteiger partial charge in [-0.2, -0.15) is 0 Å². The molecule has 0 aliphatic carbocycles. The molecule has 0 spiro atoms. The molecule has 1 aromatic carbocycles. The number of amides is 1. The van der Waals surface area contributed by atoms with Gasteiger partial charge in [0.1, 0.15) is 54.2 Å². The molecule has 0 aromatic heterocycles. The average Bonchev–Trinajstić information content (AvgIpc) is 3.23. The van der Waals surface area contributed by atoms with Crippen molar-refractivity contribution in [2.75, 3.05) is 19.8 Å². The zero-order chi connectivity index (χ0) is 26.1. The summed E-state index contributed by atoms with van der Waals surface area (Å²) in [6.45, 7) is -2.32. The van der Waals surface area contributed by atoms with E-state index >= 15 is 0 Å². The van der Waals surface area contributed by atoms with Gasteiger partial charge in [0.25, 0.3) is 15.9 Å². The van der Waals surface area contributed by atoms with Crippen LogP contribution in [0.5, 0.6) is 0 Å². The van der Waals surface area contributed by atoms with Crippen molar-refractivity contribution >= 4 is 15.9 Å². The Balaban J connectivity index is 0.000000413. The first kappa shape index (κ1) is 31.4. The number of hydrogen-bond acceptors (Lipinski definition) is 14. The van der Waals surface area contributed by atoms with Crippen LogP contribution < -0.4 is 34.3 Å². The maximum Gasteiger partial charge on any atom is 1.00 e. The number of aliphatic hydroxyl groups excluding tert-OH is 8. The van der Waals surface area contributed by atoms with Crippen LogP contribution in [0.4, 0.5) is 0 Å². The van der Waals surface area contributed by atoms with Gasteiger partial charge in [-0.15, -0.1) is 0 Å². The maximum atomic E-state index is 11.1. The van der Waals surface area contributed by atoms with Gasteiger partial charge in [-0.1, -0.05) is 12.1 Å². The molecule has 4 rings (SSSR count). The Hall–Kier alpha value is -0.800. The van der Waals surface area contributed by atoms with E-state index in [2.05, 4.69) is 0 Å². The molecule has 0 bridgehead atoms. The Morgan fingerprint density at radius 2 is 1.56 bits per heavy atom. The zero-order valence-corrected chi connectivity index (χ0v) is 21.8. The van der Waals surface area contributed by atoms with Gasteiger partial charge in [0.15, 0.2) is 6.29 Å². The molecular formula is C19H28NNaO14S. The summed E-state index contributed by atoms with van der Waals surface area (Å²) in [5.41, 5.74) is 0.220. The number of sulfonamides is 1. The number of hydrogen-bond donors (Lipinski definition) is 9. The molecule has 9 N–H and O–H groups in total. The van der Waals surface area contributed by atoms with Gasteiger partial charge in [0, 0.05) is 0 Å². The van der Waals surface area contributed by atoms with E-state index < -0.39 is 90.6 Å². The Kier molecular flexibility index (Phi) is 10.8. The van der Waals surface area contributed by atoms with Gasteiger partial charge in [-0.3, -0.25) is 4.79 Å². The maximum absolute atomic E-state index is 11.1. The first-order valence-electron chi connectivity index (χ1n) is 10.3. The number of ether oxygens (including phenoxy) is 3. The summed E-state index contributed by atoms with van der Waals surface area (Å²) >= 11 is 0. The predicted octanol–water partition coefficient (Wildman–Crippen LogP) is -8.16. The number of nitrogens with one attached hydrogen (secondary N) is 1. The Bertz CT molecular complexity index is 1020.